The fourth-order valence-corrected chi connectivity index (χ4v) is 5.21. The lowest BCUT2D eigenvalue weighted by molar-refractivity contribution is -0.423. The molecule has 0 saturated carbocycles. The average molecular weight is 618 g/mol. The van der Waals surface area contributed by atoms with E-state index in [0.29, 0.717) is 9.37 Å². The Labute approximate surface area is 215 Å². The van der Waals surface area contributed by atoms with Gasteiger partial charge in [0.2, 0.25) is 0 Å². The number of ether oxygens (including phenoxy) is 1. The third kappa shape index (κ3) is 7.41. The van der Waals surface area contributed by atoms with Gasteiger partial charge in [0.05, 0.1) is 12.6 Å². The third-order valence-electron chi connectivity index (χ3n) is 4.95. The second kappa shape index (κ2) is 12.2. The molecule has 1 fully saturated rings. The van der Waals surface area contributed by atoms with Crippen molar-refractivity contribution in [1.82, 2.24) is 15.7 Å². The van der Waals surface area contributed by atoms with Crippen molar-refractivity contribution in [2.45, 2.75) is 34.7 Å². The number of rotatable bonds is 9. The van der Waals surface area contributed by atoms with Gasteiger partial charge >= 0.3 is 7.82 Å². The molecule has 11 nitrogen and oxygen atoms in total. The first-order valence-corrected chi connectivity index (χ1v) is 13.2. The first kappa shape index (κ1) is 28.8. The Kier molecular flexibility index (Phi) is 9.79. The molecule has 0 amide bonds. The highest BCUT2D eigenvalue weighted by Crippen LogP contribution is 2.39. The van der Waals surface area contributed by atoms with Gasteiger partial charge in [-0.25, -0.2) is 23.2 Å². The summed E-state index contributed by atoms with van der Waals surface area (Å²) in [6, 6.07) is 1.90. The quantitative estimate of drug-likeness (QED) is 0.119. The van der Waals surface area contributed by atoms with Crippen molar-refractivity contribution in [2.75, 3.05) is 6.61 Å². The summed E-state index contributed by atoms with van der Waals surface area (Å²) in [5.74, 6) is -1.10. The smallest absolute Gasteiger partial charge is 0.388 e. The predicted molar refractivity (Wildman–Crippen MR) is 124 cm³/mol. The summed E-state index contributed by atoms with van der Waals surface area (Å²) in [7, 11) is -4.91. The first-order chi connectivity index (χ1) is 16.9. The van der Waals surface area contributed by atoms with Crippen LogP contribution < -0.4 is 16.6 Å². The highest BCUT2D eigenvalue weighted by Gasteiger charge is 2.45. The maximum atomic E-state index is 13.7. The first-order valence-electron chi connectivity index (χ1n) is 10.0. The highest BCUT2D eigenvalue weighted by molar-refractivity contribution is 9.10. The molecule has 3 unspecified atom stereocenters. The number of benzene rings is 1. The van der Waals surface area contributed by atoms with Crippen molar-refractivity contribution < 1.29 is 52.8 Å². The number of aliphatic hydroxyl groups is 2. The normalized spacial score (nSPS) is 25.0. The lowest BCUT2D eigenvalue weighted by Crippen LogP contribution is -2.64. The number of aromatic nitrogens is 1. The van der Waals surface area contributed by atoms with E-state index in [1.165, 1.54) is 12.4 Å². The molecular weight excluding hydrogens is 596 g/mol. The van der Waals surface area contributed by atoms with E-state index in [1.54, 1.807) is 6.07 Å². The molecule has 5 atom stereocenters. The van der Waals surface area contributed by atoms with Crippen LogP contribution in [-0.2, 0) is 13.8 Å². The molecule has 198 valence electrons. The second-order valence-electron chi connectivity index (χ2n) is 7.45. The minimum Gasteiger partial charge on any atom is -0.388 e. The van der Waals surface area contributed by atoms with Gasteiger partial charge in [0, 0.05) is 33.5 Å². The summed E-state index contributed by atoms with van der Waals surface area (Å²) in [4.78, 5) is 22.6. The Morgan fingerprint density at radius 3 is 2.47 bits per heavy atom. The number of phosphoric ester groups is 1. The zero-order valence-electron chi connectivity index (χ0n) is 18.1. The van der Waals surface area contributed by atoms with E-state index in [1.807, 2.05) is 0 Å². The topological polar surface area (TPSA) is 181 Å². The Bertz CT molecular complexity index is 1140. The van der Waals surface area contributed by atoms with Gasteiger partial charge in [-0.15, -0.1) is 0 Å². The SMILES string of the molecule is [NH3+]N/C(=C\NC1C(O)[C@@H](Sc2cncc(Br)c2)OC(COP(=O)(O)O)[C@@H]1O)c1cc(F)c(F)c(F)c1. The lowest BCUT2D eigenvalue weighted by atomic mass is 9.97. The molecule has 17 heteroatoms. The number of thioether (sulfide) groups is 1. The van der Waals surface area contributed by atoms with Crippen LogP contribution in [-0.4, -0.2) is 61.4 Å². The minimum absolute atomic E-state index is 0.0258. The van der Waals surface area contributed by atoms with E-state index < -0.39 is 61.7 Å². The average Bonchev–Trinajstić information content (AvgIpc) is 2.80. The van der Waals surface area contributed by atoms with Crippen molar-refractivity contribution in [3.05, 3.63) is 64.3 Å². The number of halogens is 4. The van der Waals surface area contributed by atoms with Crippen LogP contribution in [0.4, 0.5) is 13.2 Å². The van der Waals surface area contributed by atoms with Crippen LogP contribution in [0.2, 0.25) is 0 Å². The van der Waals surface area contributed by atoms with Crippen molar-refractivity contribution in [1.29, 1.82) is 0 Å². The maximum Gasteiger partial charge on any atom is 0.469 e. The van der Waals surface area contributed by atoms with Gasteiger partial charge in [-0.3, -0.25) is 15.4 Å². The van der Waals surface area contributed by atoms with Gasteiger partial charge in [0.1, 0.15) is 29.4 Å². The number of nitrogens with one attached hydrogen (secondary N) is 2. The Morgan fingerprint density at radius 1 is 1.22 bits per heavy atom. The molecule has 0 spiro atoms. The minimum atomic E-state index is -4.91. The Morgan fingerprint density at radius 2 is 1.89 bits per heavy atom. The van der Waals surface area contributed by atoms with E-state index in [9.17, 15) is 27.9 Å². The molecule has 1 saturated heterocycles. The predicted octanol–water partition coefficient (Wildman–Crippen LogP) is 0.613. The highest BCUT2D eigenvalue weighted by atomic mass is 79.9. The molecule has 2 aromatic rings. The standard InChI is InChI=1S/C19H21BrF3N4O7PS/c20-9-3-10(5-25-4-9)36-19-18(29)16(17(28)14(34-19)7-33-35(30,31)32)26-6-13(27-24)8-1-11(21)15(23)12(22)2-8/h1-6,14,16-19,26-29H,7,24H2,(H2,30,31,32)/p+1/b13-6-/t14?,16?,17-,18?,19+/m0/s1. The molecule has 3 rings (SSSR count). The molecular formula is C19H22BrF3N4O7PS+. The number of hydrogen-bond acceptors (Lipinski definition) is 9. The molecule has 0 aliphatic carbocycles. The second-order valence-corrected chi connectivity index (χ2v) is 10.8. The van der Waals surface area contributed by atoms with Gasteiger partial charge in [0.15, 0.2) is 17.5 Å². The number of nitrogens with zero attached hydrogens (tertiary/aromatic N) is 1. The fourth-order valence-electron chi connectivity index (χ4n) is 3.26. The molecule has 1 aliphatic heterocycles. The summed E-state index contributed by atoms with van der Waals surface area (Å²) in [6.45, 7) is -0.720. The molecule has 1 aliphatic rings. The van der Waals surface area contributed by atoms with Crippen LogP contribution in [0.25, 0.3) is 5.70 Å². The van der Waals surface area contributed by atoms with Gasteiger partial charge in [-0.2, -0.15) is 0 Å². The molecule has 1 aromatic carbocycles. The molecule has 1 aromatic heterocycles. The summed E-state index contributed by atoms with van der Waals surface area (Å²) >= 11 is 4.29. The van der Waals surface area contributed by atoms with Crippen LogP contribution >= 0.6 is 35.5 Å². The largest absolute Gasteiger partial charge is 0.469 e. The molecule has 0 bridgehead atoms. The zero-order valence-corrected chi connectivity index (χ0v) is 21.4. The molecule has 0 radical (unpaired) electrons. The van der Waals surface area contributed by atoms with E-state index in [4.69, 9.17) is 14.5 Å². The van der Waals surface area contributed by atoms with Gasteiger partial charge in [0.25, 0.3) is 0 Å². The summed E-state index contributed by atoms with van der Waals surface area (Å²) in [5.41, 5.74) is 1.20. The Balaban J connectivity index is 1.88. The maximum absolute atomic E-state index is 13.7. The molecule has 9 N–H and O–H groups in total. The third-order valence-corrected chi connectivity index (χ3v) is 6.99. The van der Waals surface area contributed by atoms with Crippen LogP contribution in [0.15, 0.2) is 46.2 Å². The van der Waals surface area contributed by atoms with Crippen molar-refractivity contribution in [3.63, 3.8) is 0 Å². The van der Waals surface area contributed by atoms with Crippen LogP contribution in [0, 0.1) is 17.5 Å². The van der Waals surface area contributed by atoms with E-state index in [-0.39, 0.29) is 11.3 Å². The van der Waals surface area contributed by atoms with Gasteiger partial charge in [-0.1, -0.05) is 11.8 Å². The van der Waals surface area contributed by atoms with Gasteiger partial charge < -0.3 is 30.1 Å². The fraction of sp³-hybridized carbons (Fsp3) is 0.316. The van der Waals surface area contributed by atoms with E-state index >= 15 is 0 Å². The monoisotopic (exact) mass is 617 g/mol. The molecule has 36 heavy (non-hydrogen) atoms. The lowest BCUT2D eigenvalue weighted by Gasteiger charge is -2.42. The van der Waals surface area contributed by atoms with Crippen LogP contribution in [0.3, 0.4) is 0 Å². The van der Waals surface area contributed by atoms with Crippen molar-refractivity contribution in [2.24, 2.45) is 0 Å². The summed E-state index contributed by atoms with van der Waals surface area (Å²) < 4.78 is 62.6. The number of aliphatic hydroxyl groups excluding tert-OH is 2. The Hall–Kier alpha value is -1.72. The molecule has 2 heterocycles. The van der Waals surface area contributed by atoms with Gasteiger partial charge in [-0.05, 0) is 34.1 Å². The number of phosphoric acid groups is 1. The number of hydrogen-bond donors (Lipinski definition) is 7. The summed E-state index contributed by atoms with van der Waals surface area (Å²) in [6.07, 6.45) is -0.117. The van der Waals surface area contributed by atoms with Crippen molar-refractivity contribution in [3.8, 4) is 0 Å². The van der Waals surface area contributed by atoms with Crippen molar-refractivity contribution >= 4 is 41.2 Å². The number of quaternary nitrogens is 1. The van der Waals surface area contributed by atoms with Crippen LogP contribution in [0.1, 0.15) is 5.56 Å². The van der Waals surface area contributed by atoms with Crippen LogP contribution in [0.5, 0.6) is 0 Å². The summed E-state index contributed by atoms with van der Waals surface area (Å²) in [5, 5.41) is 24.4. The number of pyridine rings is 1. The van der Waals surface area contributed by atoms with E-state index in [2.05, 4.69) is 42.0 Å². The zero-order chi connectivity index (χ0) is 26.6. The van der Waals surface area contributed by atoms with E-state index in [0.717, 1.165) is 30.1 Å².